The van der Waals surface area contributed by atoms with Crippen molar-refractivity contribution in [1.29, 1.82) is 0 Å². The third-order valence-corrected chi connectivity index (χ3v) is 2.59. The molecule has 0 aromatic rings. The van der Waals surface area contributed by atoms with Crippen molar-refractivity contribution >= 4 is 5.97 Å². The molecule has 5 heteroatoms. The molecule has 0 saturated carbocycles. The molecular formula is C10H20N2O3. The Labute approximate surface area is 90.4 Å². The minimum Gasteiger partial charge on any atom is -0.481 e. The van der Waals surface area contributed by atoms with E-state index in [0.717, 1.165) is 26.2 Å². The van der Waals surface area contributed by atoms with E-state index in [4.69, 9.17) is 9.84 Å². The topological polar surface area (TPSA) is 61.8 Å². The average molecular weight is 216 g/mol. The second-order valence-electron chi connectivity index (χ2n) is 4.15. The third kappa shape index (κ3) is 4.59. The van der Waals surface area contributed by atoms with Gasteiger partial charge in [-0.3, -0.25) is 4.79 Å². The highest BCUT2D eigenvalue weighted by Crippen LogP contribution is 2.01. The largest absolute Gasteiger partial charge is 0.481 e. The molecule has 0 radical (unpaired) electrons. The normalized spacial score (nSPS) is 25.1. The summed E-state index contributed by atoms with van der Waals surface area (Å²) < 4.78 is 5.54. The molecule has 5 nitrogen and oxygen atoms in total. The van der Waals surface area contributed by atoms with Crippen LogP contribution in [0.2, 0.25) is 0 Å². The van der Waals surface area contributed by atoms with E-state index in [9.17, 15) is 4.79 Å². The van der Waals surface area contributed by atoms with Crippen LogP contribution in [0.15, 0.2) is 0 Å². The van der Waals surface area contributed by atoms with Gasteiger partial charge in [0.05, 0.1) is 18.6 Å². The fourth-order valence-corrected chi connectivity index (χ4v) is 1.54. The van der Waals surface area contributed by atoms with Gasteiger partial charge in [0.1, 0.15) is 0 Å². The quantitative estimate of drug-likeness (QED) is 0.656. The first-order valence-electron chi connectivity index (χ1n) is 5.33. The van der Waals surface area contributed by atoms with Crippen molar-refractivity contribution in [2.24, 2.45) is 5.92 Å². The Balaban J connectivity index is 2.11. The second kappa shape index (κ2) is 6.05. The van der Waals surface area contributed by atoms with Crippen molar-refractivity contribution in [3.8, 4) is 0 Å². The first-order chi connectivity index (χ1) is 7.09. The van der Waals surface area contributed by atoms with Gasteiger partial charge in [-0.1, -0.05) is 6.92 Å². The lowest BCUT2D eigenvalue weighted by Crippen LogP contribution is -2.45. The Hall–Kier alpha value is -0.650. The van der Waals surface area contributed by atoms with Crippen molar-refractivity contribution in [2.45, 2.75) is 13.0 Å². The van der Waals surface area contributed by atoms with Crippen molar-refractivity contribution in [3.05, 3.63) is 0 Å². The van der Waals surface area contributed by atoms with E-state index in [1.54, 1.807) is 6.92 Å². The van der Waals surface area contributed by atoms with Crippen molar-refractivity contribution < 1.29 is 14.6 Å². The molecule has 1 fully saturated rings. The van der Waals surface area contributed by atoms with E-state index in [1.165, 1.54) is 0 Å². The maximum atomic E-state index is 10.6. The van der Waals surface area contributed by atoms with Crippen molar-refractivity contribution in [3.63, 3.8) is 0 Å². The highest BCUT2D eigenvalue weighted by molar-refractivity contribution is 5.69. The molecule has 88 valence electrons. The number of carbonyl (C=O) groups is 1. The number of ether oxygens (including phenoxy) is 1. The van der Waals surface area contributed by atoms with E-state index in [1.807, 2.05) is 0 Å². The van der Waals surface area contributed by atoms with Crippen LogP contribution in [-0.2, 0) is 9.53 Å². The lowest BCUT2D eigenvalue weighted by Gasteiger charge is -2.30. The molecule has 1 rings (SSSR count). The predicted molar refractivity (Wildman–Crippen MR) is 56.9 cm³/mol. The summed E-state index contributed by atoms with van der Waals surface area (Å²) in [6, 6.07) is 0. The summed E-state index contributed by atoms with van der Waals surface area (Å²) in [4.78, 5) is 12.8. The van der Waals surface area contributed by atoms with Gasteiger partial charge in [0, 0.05) is 26.2 Å². The number of nitrogens with one attached hydrogen (secondary N) is 1. The summed E-state index contributed by atoms with van der Waals surface area (Å²) in [6.07, 6.45) is 0.185. The molecule has 2 N–H and O–H groups in total. The number of hydrogen-bond donors (Lipinski definition) is 2. The van der Waals surface area contributed by atoms with E-state index < -0.39 is 5.97 Å². The van der Waals surface area contributed by atoms with Crippen LogP contribution >= 0.6 is 0 Å². The van der Waals surface area contributed by atoms with E-state index in [0.29, 0.717) is 6.54 Å². The molecule has 2 atom stereocenters. The monoisotopic (exact) mass is 216 g/mol. The number of rotatable bonds is 5. The Morgan fingerprint density at radius 3 is 3.07 bits per heavy atom. The van der Waals surface area contributed by atoms with Gasteiger partial charge in [0.25, 0.3) is 0 Å². The van der Waals surface area contributed by atoms with Crippen LogP contribution in [0.3, 0.4) is 0 Å². The summed E-state index contributed by atoms with van der Waals surface area (Å²) in [6.45, 7) is 5.57. The zero-order valence-electron chi connectivity index (χ0n) is 9.40. The molecule has 15 heavy (non-hydrogen) atoms. The van der Waals surface area contributed by atoms with Crippen LogP contribution in [0.25, 0.3) is 0 Å². The Kier molecular flexibility index (Phi) is 5.01. The number of likely N-dealkylation sites (N-methyl/N-ethyl adjacent to an activating group) is 1. The highest BCUT2D eigenvalue weighted by Gasteiger charge is 2.18. The summed E-state index contributed by atoms with van der Waals surface area (Å²) in [5, 5.41) is 11.8. The molecular weight excluding hydrogens is 196 g/mol. The van der Waals surface area contributed by atoms with Gasteiger partial charge < -0.3 is 20.1 Å². The summed E-state index contributed by atoms with van der Waals surface area (Å²) in [7, 11) is 2.06. The Morgan fingerprint density at radius 2 is 2.47 bits per heavy atom. The number of hydrogen-bond acceptors (Lipinski definition) is 4. The number of aliphatic carboxylic acids is 1. The molecule has 0 aliphatic carbocycles. The van der Waals surface area contributed by atoms with Gasteiger partial charge in [0.2, 0.25) is 0 Å². The summed E-state index contributed by atoms with van der Waals surface area (Å²) in [5.74, 6) is -1.10. The molecule has 2 unspecified atom stereocenters. The highest BCUT2D eigenvalue weighted by atomic mass is 16.5. The smallest absolute Gasteiger partial charge is 0.307 e. The fourth-order valence-electron chi connectivity index (χ4n) is 1.54. The zero-order valence-corrected chi connectivity index (χ0v) is 9.40. The predicted octanol–water partition coefficient (Wildman–Crippen LogP) is -0.373. The fraction of sp³-hybridized carbons (Fsp3) is 0.900. The Bertz CT molecular complexity index is 211. The molecule has 0 bridgehead atoms. The third-order valence-electron chi connectivity index (χ3n) is 2.59. The van der Waals surface area contributed by atoms with Crippen LogP contribution in [0.5, 0.6) is 0 Å². The van der Waals surface area contributed by atoms with E-state index in [2.05, 4.69) is 17.3 Å². The molecule has 0 amide bonds. The molecule has 1 heterocycles. The van der Waals surface area contributed by atoms with Gasteiger partial charge in [-0.2, -0.15) is 0 Å². The molecule has 1 saturated heterocycles. The van der Waals surface area contributed by atoms with Crippen LogP contribution in [0.4, 0.5) is 0 Å². The van der Waals surface area contributed by atoms with Gasteiger partial charge in [-0.15, -0.1) is 0 Å². The molecule has 0 spiro atoms. The van der Waals surface area contributed by atoms with Crippen LogP contribution in [-0.4, -0.2) is 61.9 Å². The summed E-state index contributed by atoms with van der Waals surface area (Å²) >= 11 is 0. The standard InChI is InChI=1S/C10H20N2O3/c1-8(10(13)14)5-11-6-9-7-12(2)3-4-15-9/h8-9,11H,3-7H2,1-2H3,(H,13,14). The van der Waals surface area contributed by atoms with Crippen LogP contribution < -0.4 is 5.32 Å². The lowest BCUT2D eigenvalue weighted by molar-refractivity contribution is -0.141. The first kappa shape index (κ1) is 12.4. The van der Waals surface area contributed by atoms with Crippen LogP contribution in [0.1, 0.15) is 6.92 Å². The van der Waals surface area contributed by atoms with Gasteiger partial charge >= 0.3 is 5.97 Å². The van der Waals surface area contributed by atoms with Gasteiger partial charge in [-0.05, 0) is 7.05 Å². The van der Waals surface area contributed by atoms with Crippen LogP contribution in [0, 0.1) is 5.92 Å². The first-order valence-corrected chi connectivity index (χ1v) is 5.33. The maximum absolute atomic E-state index is 10.6. The molecule has 1 aliphatic rings. The minimum absolute atomic E-state index is 0.185. The molecule has 0 aromatic heterocycles. The second-order valence-corrected chi connectivity index (χ2v) is 4.15. The maximum Gasteiger partial charge on any atom is 0.307 e. The molecule has 0 aromatic carbocycles. The van der Waals surface area contributed by atoms with Crippen molar-refractivity contribution in [2.75, 3.05) is 39.8 Å². The van der Waals surface area contributed by atoms with Gasteiger partial charge in [0.15, 0.2) is 0 Å². The van der Waals surface area contributed by atoms with Gasteiger partial charge in [-0.25, -0.2) is 0 Å². The number of morpholine rings is 1. The number of nitrogens with zero attached hydrogens (tertiary/aromatic N) is 1. The number of carboxylic acid groups (broad SMARTS) is 1. The lowest BCUT2D eigenvalue weighted by atomic mass is 10.2. The zero-order chi connectivity index (χ0) is 11.3. The Morgan fingerprint density at radius 1 is 1.73 bits per heavy atom. The molecule has 1 aliphatic heterocycles. The number of carboxylic acids is 1. The van der Waals surface area contributed by atoms with E-state index in [-0.39, 0.29) is 12.0 Å². The average Bonchev–Trinajstić information content (AvgIpc) is 2.17. The SMILES string of the molecule is CC(CNCC1CN(C)CCO1)C(=O)O. The minimum atomic E-state index is -0.760. The summed E-state index contributed by atoms with van der Waals surface area (Å²) in [5.41, 5.74) is 0. The van der Waals surface area contributed by atoms with E-state index >= 15 is 0 Å². The van der Waals surface area contributed by atoms with Crippen molar-refractivity contribution in [1.82, 2.24) is 10.2 Å².